The van der Waals surface area contributed by atoms with Gasteiger partial charge in [-0.1, -0.05) is 38.1 Å². The molecule has 0 unspecified atom stereocenters. The SMILES string of the molecule is CC(C)C(=O)N1CCC(Cc2ccc(-c3ccncc3)cc2)(C(=O)N(C)C)CC1. The van der Waals surface area contributed by atoms with Gasteiger partial charge < -0.3 is 9.80 Å². The second-order valence-electron chi connectivity index (χ2n) is 8.57. The molecular weight excluding hydrogens is 362 g/mol. The van der Waals surface area contributed by atoms with Crippen molar-refractivity contribution in [3.05, 3.63) is 54.4 Å². The van der Waals surface area contributed by atoms with E-state index >= 15 is 0 Å². The van der Waals surface area contributed by atoms with E-state index in [2.05, 4.69) is 29.2 Å². The second kappa shape index (κ2) is 8.76. The van der Waals surface area contributed by atoms with Crippen molar-refractivity contribution in [2.75, 3.05) is 27.2 Å². The quantitative estimate of drug-likeness (QED) is 0.779. The zero-order valence-corrected chi connectivity index (χ0v) is 17.9. The van der Waals surface area contributed by atoms with E-state index in [0.29, 0.717) is 32.4 Å². The van der Waals surface area contributed by atoms with Crippen molar-refractivity contribution in [2.45, 2.75) is 33.1 Å². The van der Waals surface area contributed by atoms with Crippen LogP contribution >= 0.6 is 0 Å². The summed E-state index contributed by atoms with van der Waals surface area (Å²) in [5.41, 5.74) is 2.98. The molecule has 5 nitrogen and oxygen atoms in total. The van der Waals surface area contributed by atoms with E-state index in [0.717, 1.165) is 16.7 Å². The van der Waals surface area contributed by atoms with E-state index in [9.17, 15) is 9.59 Å². The Morgan fingerprint density at radius 2 is 1.55 bits per heavy atom. The molecule has 0 saturated carbocycles. The number of aromatic nitrogens is 1. The third-order valence-electron chi connectivity index (χ3n) is 5.90. The number of hydrogen-bond acceptors (Lipinski definition) is 3. The minimum atomic E-state index is -0.449. The van der Waals surface area contributed by atoms with E-state index in [4.69, 9.17) is 0 Å². The highest BCUT2D eigenvalue weighted by molar-refractivity contribution is 5.84. The summed E-state index contributed by atoms with van der Waals surface area (Å²) in [6.45, 7) is 5.15. The maximum Gasteiger partial charge on any atom is 0.228 e. The number of likely N-dealkylation sites (tertiary alicyclic amines) is 1. The van der Waals surface area contributed by atoms with Crippen molar-refractivity contribution in [2.24, 2.45) is 11.3 Å². The molecule has 0 N–H and O–H groups in total. The highest BCUT2D eigenvalue weighted by Crippen LogP contribution is 2.37. The van der Waals surface area contributed by atoms with Crippen LogP contribution in [0, 0.1) is 11.3 Å². The van der Waals surface area contributed by atoms with Crippen LogP contribution in [0.5, 0.6) is 0 Å². The Kier molecular flexibility index (Phi) is 6.36. The van der Waals surface area contributed by atoms with Crippen LogP contribution in [-0.4, -0.2) is 53.8 Å². The van der Waals surface area contributed by atoms with Gasteiger partial charge in [-0.2, -0.15) is 0 Å². The van der Waals surface area contributed by atoms with Crippen molar-refractivity contribution in [3.63, 3.8) is 0 Å². The smallest absolute Gasteiger partial charge is 0.228 e. The summed E-state index contributed by atoms with van der Waals surface area (Å²) in [5, 5.41) is 0. The topological polar surface area (TPSA) is 53.5 Å². The first kappa shape index (κ1) is 21.0. The van der Waals surface area contributed by atoms with Gasteiger partial charge in [-0.05, 0) is 48.1 Å². The molecule has 2 amide bonds. The molecule has 1 aliphatic rings. The standard InChI is InChI=1S/C24H31N3O2/c1-18(2)22(28)27-15-11-24(12-16-27,23(29)26(3)4)17-19-5-7-20(8-6-19)21-9-13-25-14-10-21/h5-10,13-14,18H,11-12,15-17H2,1-4H3. The van der Waals surface area contributed by atoms with Gasteiger partial charge in [-0.25, -0.2) is 0 Å². The molecule has 2 heterocycles. The molecule has 29 heavy (non-hydrogen) atoms. The van der Waals surface area contributed by atoms with E-state index in [1.165, 1.54) is 0 Å². The summed E-state index contributed by atoms with van der Waals surface area (Å²) in [7, 11) is 3.64. The van der Waals surface area contributed by atoms with Crippen molar-refractivity contribution in [3.8, 4) is 11.1 Å². The Bertz CT molecular complexity index is 836. The molecule has 1 aromatic carbocycles. The summed E-state index contributed by atoms with van der Waals surface area (Å²) in [5.74, 6) is 0.331. The predicted molar refractivity (Wildman–Crippen MR) is 115 cm³/mol. The lowest BCUT2D eigenvalue weighted by molar-refractivity contribution is -0.147. The number of amides is 2. The summed E-state index contributed by atoms with van der Waals surface area (Å²) < 4.78 is 0. The average molecular weight is 394 g/mol. The summed E-state index contributed by atoms with van der Waals surface area (Å²) in [6.07, 6.45) is 5.69. The van der Waals surface area contributed by atoms with E-state index in [1.54, 1.807) is 17.3 Å². The normalized spacial score (nSPS) is 16.0. The van der Waals surface area contributed by atoms with Crippen LogP contribution in [0.1, 0.15) is 32.3 Å². The molecule has 0 bridgehead atoms. The molecular formula is C24H31N3O2. The molecule has 154 valence electrons. The van der Waals surface area contributed by atoms with Crippen LogP contribution in [0.2, 0.25) is 0 Å². The highest BCUT2D eigenvalue weighted by atomic mass is 16.2. The van der Waals surface area contributed by atoms with Gasteiger partial charge in [0.25, 0.3) is 0 Å². The van der Waals surface area contributed by atoms with Gasteiger partial charge in [0.15, 0.2) is 0 Å². The molecule has 1 fully saturated rings. The monoisotopic (exact) mass is 393 g/mol. The molecule has 5 heteroatoms. The lowest BCUT2D eigenvalue weighted by atomic mass is 9.72. The third kappa shape index (κ3) is 4.66. The fourth-order valence-electron chi connectivity index (χ4n) is 4.21. The molecule has 1 saturated heterocycles. The number of nitrogens with zero attached hydrogens (tertiary/aromatic N) is 3. The Labute approximate surface area is 173 Å². The predicted octanol–water partition coefficient (Wildman–Crippen LogP) is 3.64. The van der Waals surface area contributed by atoms with Crippen LogP contribution in [0.4, 0.5) is 0 Å². The highest BCUT2D eigenvalue weighted by Gasteiger charge is 2.43. The van der Waals surface area contributed by atoms with Crippen molar-refractivity contribution in [1.29, 1.82) is 0 Å². The van der Waals surface area contributed by atoms with Gasteiger partial charge in [0.1, 0.15) is 0 Å². The van der Waals surface area contributed by atoms with E-state index in [1.807, 2.05) is 45.0 Å². The Morgan fingerprint density at radius 1 is 1.00 bits per heavy atom. The first-order valence-electron chi connectivity index (χ1n) is 10.3. The van der Waals surface area contributed by atoms with Crippen molar-refractivity contribution >= 4 is 11.8 Å². The first-order chi connectivity index (χ1) is 13.8. The Balaban J connectivity index is 1.78. The minimum Gasteiger partial charge on any atom is -0.348 e. The molecule has 1 aromatic heterocycles. The maximum absolute atomic E-state index is 13.1. The number of piperidine rings is 1. The fourth-order valence-corrected chi connectivity index (χ4v) is 4.21. The molecule has 2 aromatic rings. The van der Waals surface area contributed by atoms with Gasteiger partial charge in [-0.3, -0.25) is 14.6 Å². The fraction of sp³-hybridized carbons (Fsp3) is 0.458. The molecule has 0 spiro atoms. The number of hydrogen-bond donors (Lipinski definition) is 0. The van der Waals surface area contributed by atoms with Crippen molar-refractivity contribution < 1.29 is 9.59 Å². The first-order valence-corrected chi connectivity index (χ1v) is 10.3. The van der Waals surface area contributed by atoms with E-state index < -0.39 is 5.41 Å². The van der Waals surface area contributed by atoms with E-state index in [-0.39, 0.29) is 17.7 Å². The largest absolute Gasteiger partial charge is 0.348 e. The molecule has 0 atom stereocenters. The van der Waals surface area contributed by atoms with Gasteiger partial charge >= 0.3 is 0 Å². The lowest BCUT2D eigenvalue weighted by Crippen LogP contribution is -2.51. The van der Waals surface area contributed by atoms with Crippen LogP contribution in [-0.2, 0) is 16.0 Å². The zero-order chi connectivity index (χ0) is 21.0. The minimum absolute atomic E-state index is 0.00668. The molecule has 1 aliphatic heterocycles. The van der Waals surface area contributed by atoms with Crippen LogP contribution < -0.4 is 0 Å². The lowest BCUT2D eigenvalue weighted by Gasteiger charge is -2.42. The Morgan fingerprint density at radius 3 is 2.07 bits per heavy atom. The Hall–Kier alpha value is -2.69. The summed E-state index contributed by atoms with van der Waals surface area (Å²) in [6, 6.07) is 12.4. The number of benzene rings is 1. The zero-order valence-electron chi connectivity index (χ0n) is 17.9. The van der Waals surface area contributed by atoms with Crippen molar-refractivity contribution in [1.82, 2.24) is 14.8 Å². The third-order valence-corrected chi connectivity index (χ3v) is 5.90. The van der Waals surface area contributed by atoms with Gasteiger partial charge in [0.05, 0.1) is 5.41 Å². The summed E-state index contributed by atoms with van der Waals surface area (Å²) >= 11 is 0. The second-order valence-corrected chi connectivity index (χ2v) is 8.57. The average Bonchev–Trinajstić information content (AvgIpc) is 2.74. The van der Waals surface area contributed by atoms with Gasteiger partial charge in [0.2, 0.25) is 11.8 Å². The van der Waals surface area contributed by atoms with Crippen LogP contribution in [0.15, 0.2) is 48.8 Å². The maximum atomic E-state index is 13.1. The summed E-state index contributed by atoms with van der Waals surface area (Å²) in [4.78, 5) is 33.2. The van der Waals surface area contributed by atoms with Crippen LogP contribution in [0.25, 0.3) is 11.1 Å². The number of carbonyl (C=O) groups is 2. The van der Waals surface area contributed by atoms with Gasteiger partial charge in [-0.15, -0.1) is 0 Å². The van der Waals surface area contributed by atoms with Crippen LogP contribution in [0.3, 0.4) is 0 Å². The molecule has 3 rings (SSSR count). The number of rotatable bonds is 5. The number of pyridine rings is 1. The molecule has 0 aliphatic carbocycles. The van der Waals surface area contributed by atoms with Gasteiger partial charge in [0, 0.05) is 45.5 Å². The molecule has 0 radical (unpaired) electrons. The number of carbonyl (C=O) groups excluding carboxylic acids is 2.